The molecule has 2 aliphatic heterocycles. The number of ether oxygens (including phenoxy) is 3. The Morgan fingerprint density at radius 3 is 2.13 bits per heavy atom. The molecule has 4 unspecified atom stereocenters. The number of primary amides is 1. The van der Waals surface area contributed by atoms with Crippen molar-refractivity contribution >= 4 is 46.6 Å². The van der Waals surface area contributed by atoms with Crippen LogP contribution < -0.4 is 19.9 Å². The fourth-order valence-electron chi connectivity index (χ4n) is 7.05. The molecule has 0 aliphatic carbocycles. The van der Waals surface area contributed by atoms with Crippen molar-refractivity contribution in [1.29, 1.82) is 0 Å². The largest absolute Gasteiger partial charge is 0.493 e. The molecule has 3 aromatic carbocycles. The smallest absolute Gasteiger partial charge is 0.254 e. The highest BCUT2D eigenvalue weighted by Crippen LogP contribution is 2.48. The molecule has 240 valence electrons. The van der Waals surface area contributed by atoms with Crippen LogP contribution in [0.1, 0.15) is 47.2 Å². The van der Waals surface area contributed by atoms with Gasteiger partial charge in [-0.15, -0.1) is 0 Å². The van der Waals surface area contributed by atoms with Crippen molar-refractivity contribution in [3.8, 4) is 17.2 Å². The maximum Gasteiger partial charge on any atom is 0.254 e. The summed E-state index contributed by atoms with van der Waals surface area (Å²) in [6.45, 7) is 4.65. The molecule has 45 heavy (non-hydrogen) atoms. The van der Waals surface area contributed by atoms with Gasteiger partial charge in [-0.2, -0.15) is 0 Å². The van der Waals surface area contributed by atoms with E-state index in [0.717, 1.165) is 17.5 Å². The second-order valence-corrected chi connectivity index (χ2v) is 13.0. The molecule has 3 aromatic rings. The van der Waals surface area contributed by atoms with Crippen LogP contribution in [-0.4, -0.2) is 75.2 Å². The van der Waals surface area contributed by atoms with Crippen LogP contribution in [0.25, 0.3) is 0 Å². The van der Waals surface area contributed by atoms with Gasteiger partial charge in [0.05, 0.1) is 36.8 Å². The average Bonchev–Trinajstić information content (AvgIpc) is 3.55. The molecule has 2 aliphatic rings. The lowest BCUT2D eigenvalue weighted by atomic mass is 9.62. The molecule has 0 aromatic heterocycles. The Kier molecular flexibility index (Phi) is 10.1. The Labute approximate surface area is 279 Å². The first kappa shape index (κ1) is 33.2. The van der Waals surface area contributed by atoms with Gasteiger partial charge >= 0.3 is 0 Å². The fourth-order valence-corrected chi connectivity index (χ4v) is 7.48. The third-order valence-corrected chi connectivity index (χ3v) is 10.6. The molecule has 4 atom stereocenters. The van der Waals surface area contributed by atoms with E-state index in [0.29, 0.717) is 70.5 Å². The predicted octanol–water partition coefficient (Wildman–Crippen LogP) is 6.44. The molecular formula is C34H38Cl3N3O5. The van der Waals surface area contributed by atoms with Crippen LogP contribution in [0.3, 0.4) is 0 Å². The van der Waals surface area contributed by atoms with Gasteiger partial charge in [0, 0.05) is 42.2 Å². The van der Waals surface area contributed by atoms with Crippen molar-refractivity contribution in [3.05, 3.63) is 86.4 Å². The molecular weight excluding hydrogens is 637 g/mol. The minimum atomic E-state index is -0.970. The first-order valence-electron chi connectivity index (χ1n) is 14.9. The topological polar surface area (TPSA) is 94.3 Å². The quantitative estimate of drug-likeness (QED) is 0.281. The first-order chi connectivity index (χ1) is 21.5. The molecule has 0 radical (unpaired) electrons. The van der Waals surface area contributed by atoms with E-state index in [1.54, 1.807) is 30.3 Å². The third kappa shape index (κ3) is 6.30. The number of hydrogen-bond donors (Lipinski definition) is 1. The van der Waals surface area contributed by atoms with Crippen molar-refractivity contribution < 1.29 is 23.8 Å². The zero-order valence-electron chi connectivity index (χ0n) is 25.8. The molecule has 2 N–H and O–H groups in total. The molecule has 5 rings (SSSR count). The van der Waals surface area contributed by atoms with Gasteiger partial charge in [-0.3, -0.25) is 14.5 Å². The van der Waals surface area contributed by atoms with Crippen LogP contribution in [0.2, 0.25) is 15.1 Å². The van der Waals surface area contributed by atoms with E-state index in [1.165, 1.54) is 21.3 Å². The Morgan fingerprint density at radius 2 is 1.56 bits per heavy atom. The normalized spacial score (nSPS) is 22.6. The number of benzene rings is 3. The number of carbonyl (C=O) groups is 2. The summed E-state index contributed by atoms with van der Waals surface area (Å²) >= 11 is 19.0. The molecule has 2 amide bonds. The number of carbonyl (C=O) groups excluding carboxylic acids is 2. The van der Waals surface area contributed by atoms with E-state index in [2.05, 4.69) is 11.8 Å². The van der Waals surface area contributed by atoms with E-state index in [1.807, 2.05) is 29.2 Å². The zero-order chi connectivity index (χ0) is 32.5. The summed E-state index contributed by atoms with van der Waals surface area (Å²) in [6, 6.07) is 16.4. The summed E-state index contributed by atoms with van der Waals surface area (Å²) in [4.78, 5) is 31.4. The maximum absolute atomic E-state index is 13.6. The zero-order valence-corrected chi connectivity index (χ0v) is 28.1. The highest BCUT2D eigenvalue weighted by molar-refractivity contribution is 6.42. The minimum absolute atomic E-state index is 0.0910. The highest BCUT2D eigenvalue weighted by atomic mass is 35.5. The molecule has 11 heteroatoms. The molecule has 0 spiro atoms. The number of halogens is 3. The number of piperidine rings is 1. The number of nitrogens with two attached hydrogens (primary N) is 1. The standard InChI is InChI=1S/C34H38Cl3N3O5/c1-20(22-11-13-40(18-22)32(41)23-16-29(43-2)31(45-4)30(17-23)44-3)39-14-12-34(33(38)42,24-6-8-25(35)9-7-24)26(19-39)21-5-10-27(36)28(37)15-21/h5-10,15-17,20,22,26H,11-14,18-19H2,1-4H3,(H2,38,42). The maximum atomic E-state index is 13.6. The average molecular weight is 675 g/mol. The third-order valence-electron chi connectivity index (χ3n) is 9.63. The fraction of sp³-hybridized carbons (Fsp3) is 0.412. The van der Waals surface area contributed by atoms with Crippen LogP contribution >= 0.6 is 34.8 Å². The second-order valence-electron chi connectivity index (χ2n) is 11.8. The van der Waals surface area contributed by atoms with Gasteiger partial charge < -0.3 is 24.8 Å². The summed E-state index contributed by atoms with van der Waals surface area (Å²) in [7, 11) is 4.59. The van der Waals surface area contributed by atoms with E-state index in [4.69, 9.17) is 54.7 Å². The Hall–Kier alpha value is -3.17. The van der Waals surface area contributed by atoms with Crippen molar-refractivity contribution in [1.82, 2.24) is 9.80 Å². The van der Waals surface area contributed by atoms with Gasteiger partial charge in [0.25, 0.3) is 5.91 Å². The second kappa shape index (κ2) is 13.7. The number of hydrogen-bond acceptors (Lipinski definition) is 6. The highest BCUT2D eigenvalue weighted by Gasteiger charge is 2.51. The SMILES string of the molecule is COc1cc(C(=O)N2CCC(C(C)N3CCC(C(N)=O)(c4ccc(Cl)cc4)C(c4ccc(Cl)c(Cl)c4)C3)C2)cc(OC)c1OC. The van der Waals surface area contributed by atoms with Crippen molar-refractivity contribution in [2.75, 3.05) is 47.5 Å². The molecule has 0 saturated carbocycles. The Bertz CT molecular complexity index is 1540. The predicted molar refractivity (Wildman–Crippen MR) is 177 cm³/mol. The summed E-state index contributed by atoms with van der Waals surface area (Å²) in [5.41, 5.74) is 7.48. The van der Waals surface area contributed by atoms with Crippen molar-refractivity contribution in [2.45, 2.75) is 37.1 Å². The van der Waals surface area contributed by atoms with Crippen LogP contribution in [0, 0.1) is 5.92 Å². The van der Waals surface area contributed by atoms with Crippen LogP contribution in [0.15, 0.2) is 54.6 Å². The van der Waals surface area contributed by atoms with E-state index in [-0.39, 0.29) is 23.8 Å². The van der Waals surface area contributed by atoms with Gasteiger partial charge in [0.1, 0.15) is 0 Å². The van der Waals surface area contributed by atoms with Gasteiger partial charge in [0.2, 0.25) is 11.7 Å². The number of methoxy groups -OCH3 is 3. The molecule has 8 nitrogen and oxygen atoms in total. The summed E-state index contributed by atoms with van der Waals surface area (Å²) in [6.07, 6.45) is 1.36. The van der Waals surface area contributed by atoms with Gasteiger partial charge in [-0.25, -0.2) is 0 Å². The van der Waals surface area contributed by atoms with Crippen LogP contribution in [0.4, 0.5) is 0 Å². The number of rotatable bonds is 9. The summed E-state index contributed by atoms with van der Waals surface area (Å²) < 4.78 is 16.4. The molecule has 2 saturated heterocycles. The molecule has 0 bridgehead atoms. The first-order valence-corrected chi connectivity index (χ1v) is 16.0. The lowest BCUT2D eigenvalue weighted by Crippen LogP contribution is -2.57. The number of likely N-dealkylation sites (tertiary alicyclic amines) is 2. The van der Waals surface area contributed by atoms with E-state index < -0.39 is 11.3 Å². The Morgan fingerprint density at radius 1 is 0.889 bits per heavy atom. The minimum Gasteiger partial charge on any atom is -0.493 e. The molecule has 2 fully saturated rings. The van der Waals surface area contributed by atoms with E-state index >= 15 is 0 Å². The number of nitrogens with zero attached hydrogens (tertiary/aromatic N) is 2. The monoisotopic (exact) mass is 673 g/mol. The van der Waals surface area contributed by atoms with Crippen molar-refractivity contribution in [3.63, 3.8) is 0 Å². The van der Waals surface area contributed by atoms with Crippen molar-refractivity contribution in [2.24, 2.45) is 11.7 Å². The lowest BCUT2D eigenvalue weighted by Gasteiger charge is -2.49. The Balaban J connectivity index is 1.40. The van der Waals surface area contributed by atoms with E-state index in [9.17, 15) is 9.59 Å². The van der Waals surface area contributed by atoms with Crippen LogP contribution in [-0.2, 0) is 10.2 Å². The number of amides is 2. The molecule has 2 heterocycles. The summed E-state index contributed by atoms with van der Waals surface area (Å²) in [5, 5.41) is 1.45. The van der Waals surface area contributed by atoms with Gasteiger partial charge in [0.15, 0.2) is 11.5 Å². The van der Waals surface area contributed by atoms with Crippen LogP contribution in [0.5, 0.6) is 17.2 Å². The lowest BCUT2D eigenvalue weighted by molar-refractivity contribution is -0.126. The van der Waals surface area contributed by atoms with Gasteiger partial charge in [-0.05, 0) is 79.8 Å². The summed E-state index contributed by atoms with van der Waals surface area (Å²) in [5.74, 6) is 0.761. The van der Waals surface area contributed by atoms with Gasteiger partial charge in [-0.1, -0.05) is 53.0 Å².